The van der Waals surface area contributed by atoms with Gasteiger partial charge in [0.25, 0.3) is 0 Å². The molecule has 0 saturated carbocycles. The van der Waals surface area contributed by atoms with Crippen LogP contribution in [0.25, 0.3) is 0 Å². The molecule has 0 aromatic heterocycles. The van der Waals surface area contributed by atoms with Crippen LogP contribution in [0.4, 0.5) is 4.79 Å². The van der Waals surface area contributed by atoms with Gasteiger partial charge in [0.2, 0.25) is 5.91 Å². The number of likely N-dealkylation sites (N-methyl/N-ethyl adjacent to an activating group) is 1. The SMILES string of the molecule is CNC(=O)C(CC(C)C)NCCNC(=O)OC(C)(C)C. The summed E-state index contributed by atoms with van der Waals surface area (Å²) in [5.74, 6) is 0.389. The highest BCUT2D eigenvalue weighted by atomic mass is 16.6. The quantitative estimate of drug-likeness (QED) is 0.616. The van der Waals surface area contributed by atoms with E-state index in [1.807, 2.05) is 20.8 Å². The molecule has 118 valence electrons. The molecule has 0 bridgehead atoms. The van der Waals surface area contributed by atoms with Crippen LogP contribution in [0.1, 0.15) is 41.0 Å². The number of hydrogen-bond acceptors (Lipinski definition) is 4. The molecule has 20 heavy (non-hydrogen) atoms. The summed E-state index contributed by atoms with van der Waals surface area (Å²) in [6.45, 7) is 10.5. The zero-order chi connectivity index (χ0) is 15.8. The van der Waals surface area contributed by atoms with Crippen LogP contribution < -0.4 is 16.0 Å². The Balaban J connectivity index is 4.00. The molecule has 0 aliphatic rings. The Morgan fingerprint density at radius 3 is 2.20 bits per heavy atom. The first-order valence-electron chi connectivity index (χ1n) is 7.07. The molecule has 3 N–H and O–H groups in total. The standard InChI is InChI=1S/C14H29N3O3/c1-10(2)9-11(12(18)15-6)16-7-8-17-13(19)20-14(3,4)5/h10-11,16H,7-9H2,1-6H3,(H,15,18)(H,17,19). The van der Waals surface area contributed by atoms with E-state index in [1.54, 1.807) is 7.05 Å². The summed E-state index contributed by atoms with van der Waals surface area (Å²) in [6, 6.07) is -0.236. The molecule has 0 radical (unpaired) electrons. The second-order valence-corrected chi connectivity index (χ2v) is 6.18. The molecule has 0 aliphatic heterocycles. The van der Waals surface area contributed by atoms with Crippen LogP contribution in [-0.4, -0.2) is 43.8 Å². The van der Waals surface area contributed by atoms with Gasteiger partial charge in [-0.3, -0.25) is 4.79 Å². The molecule has 0 aromatic rings. The average molecular weight is 287 g/mol. The van der Waals surface area contributed by atoms with Crippen LogP contribution in [0.3, 0.4) is 0 Å². The predicted molar refractivity (Wildman–Crippen MR) is 79.5 cm³/mol. The molecule has 0 aliphatic carbocycles. The summed E-state index contributed by atoms with van der Waals surface area (Å²) in [7, 11) is 1.62. The molecule has 6 heteroatoms. The van der Waals surface area contributed by atoms with Gasteiger partial charge in [-0.2, -0.15) is 0 Å². The maximum Gasteiger partial charge on any atom is 0.407 e. The van der Waals surface area contributed by atoms with E-state index >= 15 is 0 Å². The number of carbonyl (C=O) groups excluding carboxylic acids is 2. The highest BCUT2D eigenvalue weighted by Gasteiger charge is 2.18. The zero-order valence-corrected chi connectivity index (χ0v) is 13.5. The van der Waals surface area contributed by atoms with Crippen molar-refractivity contribution in [2.24, 2.45) is 5.92 Å². The lowest BCUT2D eigenvalue weighted by Crippen LogP contribution is -2.46. The summed E-state index contributed by atoms with van der Waals surface area (Å²) >= 11 is 0. The highest BCUT2D eigenvalue weighted by Crippen LogP contribution is 2.06. The minimum absolute atomic E-state index is 0.0315. The largest absolute Gasteiger partial charge is 0.444 e. The fourth-order valence-corrected chi connectivity index (χ4v) is 1.65. The number of alkyl carbamates (subject to hydrolysis) is 1. The van der Waals surface area contributed by atoms with Crippen LogP contribution in [-0.2, 0) is 9.53 Å². The van der Waals surface area contributed by atoms with E-state index in [0.717, 1.165) is 6.42 Å². The van der Waals surface area contributed by atoms with Crippen molar-refractivity contribution in [1.82, 2.24) is 16.0 Å². The van der Waals surface area contributed by atoms with Crippen molar-refractivity contribution in [3.8, 4) is 0 Å². The monoisotopic (exact) mass is 287 g/mol. The number of nitrogens with one attached hydrogen (secondary N) is 3. The summed E-state index contributed by atoms with van der Waals surface area (Å²) < 4.78 is 5.12. The number of rotatable bonds is 7. The van der Waals surface area contributed by atoms with E-state index in [2.05, 4.69) is 29.8 Å². The Morgan fingerprint density at radius 1 is 1.15 bits per heavy atom. The molecule has 1 unspecified atom stereocenters. The molecular weight excluding hydrogens is 258 g/mol. The van der Waals surface area contributed by atoms with Gasteiger partial charge >= 0.3 is 6.09 Å². The Morgan fingerprint density at radius 2 is 1.75 bits per heavy atom. The predicted octanol–water partition coefficient (Wildman–Crippen LogP) is 1.26. The third-order valence-electron chi connectivity index (χ3n) is 2.45. The Kier molecular flexibility index (Phi) is 8.22. The van der Waals surface area contributed by atoms with E-state index in [0.29, 0.717) is 19.0 Å². The van der Waals surface area contributed by atoms with Gasteiger partial charge in [-0.05, 0) is 33.1 Å². The number of carbonyl (C=O) groups is 2. The molecular formula is C14H29N3O3. The molecule has 1 atom stereocenters. The van der Waals surface area contributed by atoms with Gasteiger partial charge in [0.05, 0.1) is 6.04 Å². The fraction of sp³-hybridized carbons (Fsp3) is 0.857. The lowest BCUT2D eigenvalue weighted by Gasteiger charge is -2.21. The maximum atomic E-state index is 11.7. The van der Waals surface area contributed by atoms with Crippen LogP contribution in [0, 0.1) is 5.92 Å². The van der Waals surface area contributed by atoms with E-state index in [4.69, 9.17) is 4.74 Å². The first-order chi connectivity index (χ1) is 9.15. The third kappa shape index (κ3) is 9.61. The molecule has 0 fully saturated rings. The van der Waals surface area contributed by atoms with Gasteiger partial charge in [0, 0.05) is 20.1 Å². The smallest absolute Gasteiger partial charge is 0.407 e. The minimum Gasteiger partial charge on any atom is -0.444 e. The molecule has 0 saturated heterocycles. The van der Waals surface area contributed by atoms with Crippen molar-refractivity contribution in [3.63, 3.8) is 0 Å². The average Bonchev–Trinajstić information content (AvgIpc) is 2.29. The summed E-state index contributed by atoms with van der Waals surface area (Å²) in [5, 5.41) is 8.42. The van der Waals surface area contributed by atoms with Gasteiger partial charge in [0.15, 0.2) is 0 Å². The van der Waals surface area contributed by atoms with Gasteiger partial charge < -0.3 is 20.7 Å². The van der Waals surface area contributed by atoms with Crippen molar-refractivity contribution in [3.05, 3.63) is 0 Å². The topological polar surface area (TPSA) is 79.5 Å². The molecule has 0 rings (SSSR count). The van der Waals surface area contributed by atoms with Gasteiger partial charge in [0.1, 0.15) is 5.60 Å². The number of ether oxygens (including phenoxy) is 1. The van der Waals surface area contributed by atoms with Crippen LogP contribution in [0.2, 0.25) is 0 Å². The Hall–Kier alpha value is -1.30. The summed E-state index contributed by atoms with van der Waals surface area (Å²) in [5.41, 5.74) is -0.500. The molecule has 0 heterocycles. The molecule has 0 spiro atoms. The molecule has 2 amide bonds. The second-order valence-electron chi connectivity index (χ2n) is 6.18. The fourth-order valence-electron chi connectivity index (χ4n) is 1.65. The van der Waals surface area contributed by atoms with Gasteiger partial charge in [-0.15, -0.1) is 0 Å². The van der Waals surface area contributed by atoms with E-state index in [1.165, 1.54) is 0 Å². The first kappa shape index (κ1) is 18.7. The minimum atomic E-state index is -0.500. The lowest BCUT2D eigenvalue weighted by atomic mass is 10.0. The van der Waals surface area contributed by atoms with Crippen molar-refractivity contribution < 1.29 is 14.3 Å². The first-order valence-corrected chi connectivity index (χ1v) is 7.07. The number of amides is 2. The van der Waals surface area contributed by atoms with Crippen molar-refractivity contribution in [2.75, 3.05) is 20.1 Å². The Labute approximate surface area is 122 Å². The summed E-state index contributed by atoms with van der Waals surface area (Å²) in [6.07, 6.45) is 0.311. The summed E-state index contributed by atoms with van der Waals surface area (Å²) in [4.78, 5) is 23.1. The van der Waals surface area contributed by atoms with Gasteiger partial charge in [-0.25, -0.2) is 4.79 Å². The van der Waals surface area contributed by atoms with E-state index < -0.39 is 11.7 Å². The maximum absolute atomic E-state index is 11.7. The van der Waals surface area contributed by atoms with Gasteiger partial charge in [-0.1, -0.05) is 13.8 Å². The van der Waals surface area contributed by atoms with Crippen LogP contribution in [0.15, 0.2) is 0 Å². The van der Waals surface area contributed by atoms with Crippen molar-refractivity contribution in [2.45, 2.75) is 52.7 Å². The molecule has 6 nitrogen and oxygen atoms in total. The van der Waals surface area contributed by atoms with E-state index in [9.17, 15) is 9.59 Å². The van der Waals surface area contributed by atoms with Crippen molar-refractivity contribution in [1.29, 1.82) is 0 Å². The normalized spacial score (nSPS) is 12.9. The van der Waals surface area contributed by atoms with E-state index in [-0.39, 0.29) is 11.9 Å². The van der Waals surface area contributed by atoms with Crippen LogP contribution >= 0.6 is 0 Å². The number of hydrogen-bond donors (Lipinski definition) is 3. The molecule has 0 aromatic carbocycles. The Bertz CT molecular complexity index is 311. The van der Waals surface area contributed by atoms with Crippen LogP contribution in [0.5, 0.6) is 0 Å². The second kappa shape index (κ2) is 8.79. The highest BCUT2D eigenvalue weighted by molar-refractivity contribution is 5.81. The zero-order valence-electron chi connectivity index (χ0n) is 13.5. The van der Waals surface area contributed by atoms with Crippen molar-refractivity contribution >= 4 is 12.0 Å². The lowest BCUT2D eigenvalue weighted by molar-refractivity contribution is -0.123. The third-order valence-corrected chi connectivity index (χ3v) is 2.45.